The molecule has 1 atom stereocenters. The number of hydrogen-bond donors (Lipinski definition) is 9. The minimum absolute atomic E-state index is 0.0588. The highest BCUT2D eigenvalue weighted by molar-refractivity contribution is 7.90. The average Bonchev–Trinajstić information content (AvgIpc) is 1.01. The minimum Gasteiger partial charge on any atom is -0.368 e. The molecule has 117 heavy (non-hydrogen) atoms. The van der Waals surface area contributed by atoms with Crippen LogP contribution in [0.3, 0.4) is 0 Å². The van der Waals surface area contributed by atoms with Crippen LogP contribution in [0.15, 0.2) is 232 Å². The van der Waals surface area contributed by atoms with E-state index in [2.05, 4.69) is 172 Å². The number of fused-ring (bicyclic) bond motifs is 8. The lowest BCUT2D eigenvalue weighted by molar-refractivity contribution is -0.130. The normalized spacial score (nSPS) is 15.3. The summed E-state index contributed by atoms with van der Waals surface area (Å²) in [5.74, 6) is 1.88. The highest BCUT2D eigenvalue weighted by Crippen LogP contribution is 2.36. The zero-order chi connectivity index (χ0) is 80.7. The number of pyridine rings is 4. The molecule has 1 saturated carbocycles. The monoisotopic (exact) mass is 1580 g/mol. The Hall–Kier alpha value is -14.0. The number of H-pyrrole nitrogens is 4. The SMILES string of the molecule is C=C(c1cccc2cc(Nc3n[nH]c4cccnc34)ccc12)N1CCN(C(C)=O)CC1.C=C(c1cccc2cc(Nc3n[nH]c4cccnc34)ccc12)N1CC[C@H](F)C1.CS(=O)(=O)CCCNC(=O)c1cccc2cc(Cc3[nH]nc4cccnc34)ccc12.O=C(NC1CC(F)C1)c1cccc2cc(Nc3n[nH]c4cccnc34)ccc12. The summed E-state index contributed by atoms with van der Waals surface area (Å²) in [6.45, 7) is 14.8. The summed E-state index contributed by atoms with van der Waals surface area (Å²) >= 11 is 0. The third kappa shape index (κ3) is 17.6. The Morgan fingerprint density at radius 3 is 1.40 bits per heavy atom. The predicted molar refractivity (Wildman–Crippen MR) is 459 cm³/mol. The van der Waals surface area contributed by atoms with Crippen LogP contribution in [0.25, 0.3) is 98.6 Å². The molecule has 590 valence electrons. The fraction of sp³-hybridized carbons (Fsp3) is 0.202. The van der Waals surface area contributed by atoms with Gasteiger partial charge in [-0.15, -0.1) is 0 Å². The first kappa shape index (κ1) is 76.9. The fourth-order valence-electron chi connectivity index (χ4n) is 15.0. The van der Waals surface area contributed by atoms with Gasteiger partial charge in [0, 0.05) is 147 Å². The van der Waals surface area contributed by atoms with E-state index < -0.39 is 22.2 Å². The van der Waals surface area contributed by atoms with E-state index in [1.54, 1.807) is 43.8 Å². The molecule has 19 rings (SSSR count). The van der Waals surface area contributed by atoms with Gasteiger partial charge in [0.25, 0.3) is 11.8 Å². The highest BCUT2D eigenvalue weighted by Gasteiger charge is 2.31. The molecule has 3 amide bonds. The van der Waals surface area contributed by atoms with Gasteiger partial charge in [-0.3, -0.25) is 54.7 Å². The Morgan fingerprint density at radius 1 is 0.479 bits per heavy atom. The Kier molecular flexibility index (Phi) is 22.3. The number of hydrogen-bond acceptors (Lipinski definition) is 18. The average molecular weight is 1580 g/mol. The van der Waals surface area contributed by atoms with Crippen molar-refractivity contribution < 1.29 is 31.6 Å². The Bertz CT molecular complexity index is 6550. The number of amides is 3. The fourth-order valence-corrected chi connectivity index (χ4v) is 15.7. The second-order valence-electron chi connectivity index (χ2n) is 29.3. The maximum atomic E-state index is 13.6. The Balaban J connectivity index is 0.000000117. The van der Waals surface area contributed by atoms with Crippen molar-refractivity contribution in [1.82, 2.24) is 86.1 Å². The molecule has 0 bridgehead atoms. The molecule has 8 aromatic carbocycles. The number of alkyl halides is 2. The third-order valence-electron chi connectivity index (χ3n) is 21.2. The maximum Gasteiger partial charge on any atom is 0.252 e. The first-order valence-corrected chi connectivity index (χ1v) is 40.7. The number of halogens is 2. The molecule has 0 unspecified atom stereocenters. The topological polar surface area (TPSA) is 321 Å². The summed E-state index contributed by atoms with van der Waals surface area (Å²) in [7, 11) is -3.02. The van der Waals surface area contributed by atoms with Crippen LogP contribution in [0.1, 0.15) is 75.7 Å². The van der Waals surface area contributed by atoms with Gasteiger partial charge in [0.15, 0.2) is 17.5 Å². The minimum atomic E-state index is -3.02. The number of anilines is 6. The van der Waals surface area contributed by atoms with Crippen molar-refractivity contribution in [3.05, 3.63) is 266 Å². The zero-order valence-corrected chi connectivity index (χ0v) is 65.1. The zero-order valence-electron chi connectivity index (χ0n) is 64.2. The second kappa shape index (κ2) is 34.0. The quantitative estimate of drug-likeness (QED) is 0.0340. The van der Waals surface area contributed by atoms with Gasteiger partial charge in [-0.25, -0.2) is 17.2 Å². The van der Waals surface area contributed by atoms with Crippen molar-refractivity contribution in [2.24, 2.45) is 0 Å². The number of carbonyl (C=O) groups is 3. The first-order valence-electron chi connectivity index (χ1n) is 38.6. The number of sulfone groups is 1. The van der Waals surface area contributed by atoms with E-state index in [1.165, 1.54) is 6.26 Å². The molecular weight excluding hydrogens is 1500 g/mol. The first-order chi connectivity index (χ1) is 56.9. The largest absolute Gasteiger partial charge is 0.368 e. The molecule has 8 aromatic heterocycles. The number of aromatic nitrogens is 12. The van der Waals surface area contributed by atoms with E-state index in [9.17, 15) is 31.6 Å². The molecule has 28 heteroatoms. The molecule has 25 nitrogen and oxygen atoms in total. The van der Waals surface area contributed by atoms with Crippen LogP contribution in [0.5, 0.6) is 0 Å². The third-order valence-corrected chi connectivity index (χ3v) is 22.3. The summed E-state index contributed by atoms with van der Waals surface area (Å²) in [6, 6.07) is 63.0. The van der Waals surface area contributed by atoms with E-state index in [4.69, 9.17) is 0 Å². The lowest BCUT2D eigenvalue weighted by atomic mass is 9.90. The molecular formula is C89H84F2N20O5S. The smallest absolute Gasteiger partial charge is 0.252 e. The number of aromatic amines is 4. The standard InChI is InChI=1S/C24H24N6O.C22H20FN5.C22H22N4O3S.C21H18FN5O/c1-16(29-11-13-30(14-12-29)17(2)31)20-6-3-5-18-15-19(8-9-21(18)20)26-24-23-22(27-28-24)7-4-10-25-23;1-14(28-11-9-16(23)13-28)18-5-2-4-15-12-17(7-8-19(15)18)25-22-21-20(26-27-22)6-3-10-24-21;1-30(28,29)12-4-11-24-22(27)18-6-2-5-16-13-15(8-9-17(16)18)14-20-21-19(25-26-20)7-3-10-23-21;22-13-10-15(11-13)25-21(28)17-4-1-3-12-9-14(6-7-16(12)17)24-20-19-18(26-27-20)5-2-8-23-19/h3-10,15H,1,11-14H2,2H3,(H2,26,27,28);2-8,10,12,16H,1,9,11,13H2,(H2,25,26,27);2-3,5-10,13H,4,11-12,14H2,1H3,(H,24,27)(H,25,26);1-9,13,15H,10-11H2,(H,25,28)(H2,24,26,27)/t;16-;;/m.0../s1. The van der Waals surface area contributed by atoms with Crippen molar-refractivity contribution in [2.45, 2.75) is 57.4 Å². The van der Waals surface area contributed by atoms with Crippen molar-refractivity contribution in [2.75, 3.05) is 73.8 Å². The van der Waals surface area contributed by atoms with Crippen molar-refractivity contribution in [3.8, 4) is 0 Å². The molecule has 0 radical (unpaired) electrons. The number of likely N-dealkylation sites (tertiary alicyclic amines) is 1. The van der Waals surface area contributed by atoms with Crippen LogP contribution in [-0.2, 0) is 21.1 Å². The molecule has 2 aliphatic heterocycles. The van der Waals surface area contributed by atoms with Gasteiger partial charge in [-0.2, -0.15) is 20.4 Å². The van der Waals surface area contributed by atoms with Crippen LogP contribution in [-0.4, -0.2) is 178 Å². The summed E-state index contributed by atoms with van der Waals surface area (Å²) in [5, 5.41) is 53.0. The van der Waals surface area contributed by atoms with Gasteiger partial charge >= 0.3 is 0 Å². The lowest BCUT2D eigenvalue weighted by Gasteiger charge is -2.37. The van der Waals surface area contributed by atoms with E-state index >= 15 is 0 Å². The molecule has 2 saturated heterocycles. The number of benzene rings is 8. The Morgan fingerprint density at radius 2 is 0.923 bits per heavy atom. The van der Waals surface area contributed by atoms with E-state index in [1.807, 2.05) is 125 Å². The summed E-state index contributed by atoms with van der Waals surface area (Å²) in [6.07, 6.45) is 9.05. The van der Waals surface area contributed by atoms with Crippen LogP contribution >= 0.6 is 0 Å². The van der Waals surface area contributed by atoms with E-state index in [0.29, 0.717) is 73.8 Å². The lowest BCUT2D eigenvalue weighted by Crippen LogP contribution is -2.47. The summed E-state index contributed by atoms with van der Waals surface area (Å²) in [5.41, 5.74) is 16.7. The van der Waals surface area contributed by atoms with Gasteiger partial charge < -0.3 is 41.3 Å². The van der Waals surface area contributed by atoms with Crippen LogP contribution in [0, 0.1) is 0 Å². The number of piperazine rings is 1. The number of rotatable bonds is 19. The number of nitrogens with one attached hydrogen (secondary N) is 9. The number of carbonyl (C=O) groups excluding carboxylic acids is 3. The molecule has 1 aliphatic carbocycles. The van der Waals surface area contributed by atoms with Gasteiger partial charge in [0.1, 0.15) is 49.8 Å². The van der Waals surface area contributed by atoms with E-state index in [0.717, 1.165) is 171 Å². The molecule has 0 spiro atoms. The van der Waals surface area contributed by atoms with Crippen molar-refractivity contribution in [1.29, 1.82) is 0 Å². The summed E-state index contributed by atoms with van der Waals surface area (Å²) in [4.78, 5) is 60.5. The summed E-state index contributed by atoms with van der Waals surface area (Å²) < 4.78 is 49.0. The number of nitrogens with zero attached hydrogens (tertiary/aromatic N) is 11. The van der Waals surface area contributed by atoms with Crippen molar-refractivity contribution >= 4 is 161 Å². The Labute approximate surface area is 671 Å². The van der Waals surface area contributed by atoms with Crippen LogP contribution < -0.4 is 26.6 Å². The molecule has 16 aromatic rings. The van der Waals surface area contributed by atoms with Gasteiger partial charge in [0.2, 0.25) is 5.91 Å². The molecule has 3 aliphatic rings. The van der Waals surface area contributed by atoms with Crippen LogP contribution in [0.2, 0.25) is 0 Å². The molecule has 3 fully saturated rings. The highest BCUT2D eigenvalue weighted by atomic mass is 32.2. The maximum absolute atomic E-state index is 13.6. The predicted octanol–water partition coefficient (Wildman–Crippen LogP) is 15.8. The van der Waals surface area contributed by atoms with Gasteiger partial charge in [0.05, 0.1) is 28.0 Å². The van der Waals surface area contributed by atoms with Gasteiger partial charge in [-0.1, -0.05) is 110 Å². The molecule has 10 heterocycles. The van der Waals surface area contributed by atoms with E-state index in [-0.39, 0.29) is 29.5 Å². The second-order valence-corrected chi connectivity index (χ2v) is 31.6. The van der Waals surface area contributed by atoms with Crippen LogP contribution in [0.4, 0.5) is 43.3 Å². The van der Waals surface area contributed by atoms with Crippen molar-refractivity contribution in [3.63, 3.8) is 0 Å². The molecule has 9 N–H and O–H groups in total. The van der Waals surface area contributed by atoms with Gasteiger partial charge in [-0.05, 0) is 171 Å².